The Morgan fingerprint density at radius 2 is 1.58 bits per heavy atom. The molecular formula is C14H16N2O2S. The number of hydrogen-bond acceptors (Lipinski definition) is 3. The van der Waals surface area contributed by atoms with Crippen molar-refractivity contribution < 1.29 is 8.42 Å². The molecular weight excluding hydrogens is 260 g/mol. The van der Waals surface area contributed by atoms with E-state index in [1.54, 1.807) is 30.3 Å². The number of hydrogen-bond donors (Lipinski definition) is 1. The van der Waals surface area contributed by atoms with Gasteiger partial charge in [0.25, 0.3) is 10.0 Å². The molecule has 2 aromatic carbocycles. The third kappa shape index (κ3) is 2.62. The van der Waals surface area contributed by atoms with E-state index in [0.717, 1.165) is 15.5 Å². The lowest BCUT2D eigenvalue weighted by molar-refractivity contribution is 0.592. The van der Waals surface area contributed by atoms with Gasteiger partial charge in [0.05, 0.1) is 10.6 Å². The highest BCUT2D eigenvalue weighted by Gasteiger charge is 2.21. The molecule has 0 spiro atoms. The quantitative estimate of drug-likeness (QED) is 0.691. The largest absolute Gasteiger partial charge is 0.277 e. The number of aryl methyl sites for hydroxylation is 2. The molecule has 0 aliphatic rings. The molecule has 2 N–H and O–H groups in total. The lowest BCUT2D eigenvalue weighted by Crippen LogP contribution is -2.37. The van der Waals surface area contributed by atoms with Crippen LogP contribution in [0.25, 0.3) is 0 Å². The van der Waals surface area contributed by atoms with E-state index in [-0.39, 0.29) is 4.90 Å². The molecule has 4 nitrogen and oxygen atoms in total. The van der Waals surface area contributed by atoms with Gasteiger partial charge in [-0.05, 0) is 49.2 Å². The smallest absolute Gasteiger partial charge is 0.233 e. The highest BCUT2D eigenvalue weighted by atomic mass is 32.2. The normalized spacial score (nSPS) is 11.3. The van der Waals surface area contributed by atoms with Crippen LogP contribution in [0.5, 0.6) is 0 Å². The molecule has 0 fully saturated rings. The van der Waals surface area contributed by atoms with Gasteiger partial charge in [0, 0.05) is 0 Å². The summed E-state index contributed by atoms with van der Waals surface area (Å²) in [7, 11) is -3.71. The molecule has 0 saturated heterocycles. The molecule has 0 atom stereocenters. The monoisotopic (exact) mass is 276 g/mol. The molecule has 100 valence electrons. The van der Waals surface area contributed by atoms with Gasteiger partial charge in [-0.2, -0.15) is 8.42 Å². The van der Waals surface area contributed by atoms with Gasteiger partial charge < -0.3 is 0 Å². The molecule has 2 aromatic rings. The fraction of sp³-hybridized carbons (Fsp3) is 0.143. The second kappa shape index (κ2) is 5.03. The molecule has 0 aliphatic carbocycles. The summed E-state index contributed by atoms with van der Waals surface area (Å²) in [4.78, 5) is 0.177. The maximum Gasteiger partial charge on any atom is 0.277 e. The molecule has 0 aromatic heterocycles. The fourth-order valence-electron chi connectivity index (χ4n) is 1.71. The first-order valence-electron chi connectivity index (χ1n) is 5.85. The Balaban J connectivity index is 2.44. The molecule has 0 heterocycles. The molecule has 0 saturated carbocycles. The van der Waals surface area contributed by atoms with Gasteiger partial charge in [0.1, 0.15) is 0 Å². The van der Waals surface area contributed by atoms with Crippen molar-refractivity contribution in [2.75, 3.05) is 4.41 Å². The summed E-state index contributed by atoms with van der Waals surface area (Å²) < 4.78 is 25.5. The van der Waals surface area contributed by atoms with Crippen LogP contribution in [0.3, 0.4) is 0 Å². The van der Waals surface area contributed by atoms with E-state index >= 15 is 0 Å². The predicted octanol–water partition coefficient (Wildman–Crippen LogP) is 2.37. The Hall–Kier alpha value is -1.85. The van der Waals surface area contributed by atoms with Crippen molar-refractivity contribution in [3.63, 3.8) is 0 Å². The molecule has 0 radical (unpaired) electrons. The van der Waals surface area contributed by atoms with Crippen LogP contribution in [0.2, 0.25) is 0 Å². The van der Waals surface area contributed by atoms with Crippen molar-refractivity contribution in [3.05, 3.63) is 59.7 Å². The summed E-state index contributed by atoms with van der Waals surface area (Å²) in [6, 6.07) is 13.5. The van der Waals surface area contributed by atoms with Crippen LogP contribution in [0, 0.1) is 13.8 Å². The lowest BCUT2D eigenvalue weighted by Gasteiger charge is -2.19. The van der Waals surface area contributed by atoms with E-state index in [1.165, 1.54) is 12.1 Å². The van der Waals surface area contributed by atoms with E-state index in [4.69, 9.17) is 5.84 Å². The van der Waals surface area contributed by atoms with E-state index in [0.29, 0.717) is 5.69 Å². The minimum atomic E-state index is -3.71. The van der Waals surface area contributed by atoms with Gasteiger partial charge in [-0.1, -0.05) is 24.3 Å². The Morgan fingerprint density at radius 1 is 0.947 bits per heavy atom. The summed E-state index contributed by atoms with van der Waals surface area (Å²) in [6.45, 7) is 3.88. The second-order valence-corrected chi connectivity index (χ2v) is 6.20. The number of sulfonamides is 1. The van der Waals surface area contributed by atoms with Gasteiger partial charge in [-0.15, -0.1) is 0 Å². The highest BCUT2D eigenvalue weighted by molar-refractivity contribution is 7.92. The first-order valence-corrected chi connectivity index (χ1v) is 7.29. The second-order valence-electron chi connectivity index (χ2n) is 4.38. The zero-order valence-electron chi connectivity index (χ0n) is 10.9. The molecule has 0 bridgehead atoms. The molecule has 5 heteroatoms. The lowest BCUT2D eigenvalue weighted by atomic mass is 10.1. The third-order valence-electron chi connectivity index (χ3n) is 3.04. The number of rotatable bonds is 3. The van der Waals surface area contributed by atoms with Crippen LogP contribution in [-0.4, -0.2) is 8.42 Å². The van der Waals surface area contributed by atoms with Crippen LogP contribution < -0.4 is 10.3 Å². The van der Waals surface area contributed by atoms with Crippen molar-refractivity contribution in [1.29, 1.82) is 0 Å². The molecule has 0 aliphatic heterocycles. The first kappa shape index (κ1) is 13.6. The molecule has 2 rings (SSSR count). The maximum absolute atomic E-state index is 12.3. The van der Waals surface area contributed by atoms with Crippen LogP contribution in [0.4, 0.5) is 5.69 Å². The Labute approximate surface area is 113 Å². The van der Waals surface area contributed by atoms with E-state index in [9.17, 15) is 8.42 Å². The van der Waals surface area contributed by atoms with E-state index in [2.05, 4.69) is 0 Å². The van der Waals surface area contributed by atoms with Crippen molar-refractivity contribution in [3.8, 4) is 0 Å². The van der Waals surface area contributed by atoms with E-state index in [1.807, 2.05) is 19.9 Å². The fourth-order valence-corrected chi connectivity index (χ4v) is 2.83. The highest BCUT2D eigenvalue weighted by Crippen LogP contribution is 2.22. The van der Waals surface area contributed by atoms with Crippen LogP contribution >= 0.6 is 0 Å². The van der Waals surface area contributed by atoms with Gasteiger partial charge in [0.2, 0.25) is 0 Å². The summed E-state index contributed by atoms with van der Waals surface area (Å²) in [5, 5.41) is 0. The number of benzene rings is 2. The van der Waals surface area contributed by atoms with Crippen molar-refractivity contribution in [1.82, 2.24) is 0 Å². The molecule has 19 heavy (non-hydrogen) atoms. The van der Waals surface area contributed by atoms with Crippen molar-refractivity contribution in [2.45, 2.75) is 18.7 Å². The van der Waals surface area contributed by atoms with Crippen LogP contribution in [0.15, 0.2) is 53.4 Å². The Morgan fingerprint density at radius 3 is 2.16 bits per heavy atom. The summed E-state index contributed by atoms with van der Waals surface area (Å²) in [5.41, 5.74) is 2.54. The maximum atomic E-state index is 12.3. The minimum Gasteiger partial charge on any atom is -0.233 e. The average Bonchev–Trinajstić information content (AvgIpc) is 2.42. The topological polar surface area (TPSA) is 63.4 Å². The number of hydrazine groups is 1. The minimum absolute atomic E-state index is 0.177. The SMILES string of the molecule is Cc1ccc(N(N)S(=O)(=O)c2ccccc2)cc1C. The number of nitrogens with zero attached hydrogens (tertiary/aromatic N) is 1. The number of nitrogens with two attached hydrogens (primary N) is 1. The van der Waals surface area contributed by atoms with E-state index < -0.39 is 10.0 Å². The predicted molar refractivity (Wildman–Crippen MR) is 76.2 cm³/mol. The van der Waals surface area contributed by atoms with Crippen LogP contribution in [-0.2, 0) is 10.0 Å². The molecule has 0 amide bonds. The van der Waals surface area contributed by atoms with Gasteiger partial charge in [0.15, 0.2) is 0 Å². The van der Waals surface area contributed by atoms with Crippen LogP contribution in [0.1, 0.15) is 11.1 Å². The Bertz CT molecular complexity index is 682. The summed E-state index contributed by atoms with van der Waals surface area (Å²) in [6.07, 6.45) is 0. The first-order chi connectivity index (χ1) is 8.93. The third-order valence-corrected chi connectivity index (χ3v) is 4.64. The summed E-state index contributed by atoms with van der Waals surface area (Å²) in [5.74, 6) is 5.77. The van der Waals surface area contributed by atoms with Crippen molar-refractivity contribution in [2.24, 2.45) is 5.84 Å². The van der Waals surface area contributed by atoms with Gasteiger partial charge >= 0.3 is 0 Å². The van der Waals surface area contributed by atoms with Crippen molar-refractivity contribution >= 4 is 15.7 Å². The van der Waals surface area contributed by atoms with Gasteiger partial charge in [-0.3, -0.25) is 0 Å². The molecule has 0 unspecified atom stereocenters. The van der Waals surface area contributed by atoms with Gasteiger partial charge in [-0.25, -0.2) is 10.3 Å². The summed E-state index contributed by atoms with van der Waals surface area (Å²) >= 11 is 0. The zero-order chi connectivity index (χ0) is 14.0. The zero-order valence-corrected chi connectivity index (χ0v) is 11.7. The average molecular weight is 276 g/mol. The number of anilines is 1. The standard InChI is InChI=1S/C14H16N2O2S/c1-11-8-9-13(10-12(11)2)16(15)19(17,18)14-6-4-3-5-7-14/h3-10H,15H2,1-2H3. The Kier molecular flexibility index (Phi) is 3.59.